The van der Waals surface area contributed by atoms with E-state index in [1.54, 1.807) is 12.1 Å². The number of alkyl carbamates (subject to hydrolysis) is 1. The normalized spacial score (nSPS) is 16.6. The highest BCUT2D eigenvalue weighted by Gasteiger charge is 2.28. The van der Waals surface area contributed by atoms with Crippen molar-refractivity contribution in [2.75, 3.05) is 13.1 Å². The second-order valence-corrected chi connectivity index (χ2v) is 7.67. The molecular weight excluding hydrogens is 388 g/mol. The number of rotatable bonds is 9. The van der Waals surface area contributed by atoms with Gasteiger partial charge in [-0.2, -0.15) is 0 Å². The zero-order valence-electron chi connectivity index (χ0n) is 17.4. The maximum Gasteiger partial charge on any atom is 0.414 e. The Labute approximate surface area is 176 Å². The Balaban J connectivity index is 1.76. The quantitative estimate of drug-likeness (QED) is 0.471. The van der Waals surface area contributed by atoms with Gasteiger partial charge in [-0.1, -0.05) is 44.2 Å². The monoisotopic (exact) mass is 418 g/mol. The van der Waals surface area contributed by atoms with Crippen molar-refractivity contribution in [1.29, 1.82) is 0 Å². The van der Waals surface area contributed by atoms with Crippen molar-refractivity contribution in [3.05, 3.63) is 35.9 Å². The topological polar surface area (TPSA) is 126 Å². The lowest BCUT2D eigenvalue weighted by Gasteiger charge is -2.22. The lowest BCUT2D eigenvalue weighted by molar-refractivity contribution is -0.131. The molecule has 4 N–H and O–H groups in total. The molecule has 0 saturated carbocycles. The summed E-state index contributed by atoms with van der Waals surface area (Å²) in [6.07, 6.45) is 1.19. The number of ether oxygens (including phenoxy) is 1. The maximum absolute atomic E-state index is 12.5. The maximum atomic E-state index is 12.5. The molecule has 1 aromatic carbocycles. The Kier molecular flexibility index (Phi) is 9.27. The van der Waals surface area contributed by atoms with Crippen LogP contribution in [0.25, 0.3) is 0 Å². The number of hydrogen-bond acceptors (Lipinski definition) is 6. The number of carbonyl (C=O) groups excluding carboxylic acids is 4. The van der Waals surface area contributed by atoms with Gasteiger partial charge in [-0.05, 0) is 37.3 Å². The van der Waals surface area contributed by atoms with Gasteiger partial charge in [0.1, 0.15) is 12.6 Å². The van der Waals surface area contributed by atoms with Crippen LogP contribution < -0.4 is 21.3 Å². The smallest absolute Gasteiger partial charge is 0.414 e. The van der Waals surface area contributed by atoms with Crippen LogP contribution in [0.15, 0.2) is 30.3 Å². The van der Waals surface area contributed by atoms with Gasteiger partial charge in [-0.3, -0.25) is 19.7 Å². The van der Waals surface area contributed by atoms with Crippen molar-refractivity contribution >= 4 is 23.8 Å². The van der Waals surface area contributed by atoms with Gasteiger partial charge in [0.2, 0.25) is 17.7 Å². The molecule has 9 heteroatoms. The first-order valence-electron chi connectivity index (χ1n) is 10.2. The third-order valence-electron chi connectivity index (χ3n) is 4.59. The fraction of sp³-hybridized carbons (Fsp3) is 0.524. The van der Waals surface area contributed by atoms with E-state index in [1.165, 1.54) is 0 Å². The predicted octanol–water partition coefficient (Wildman–Crippen LogP) is 0.839. The van der Waals surface area contributed by atoms with E-state index in [0.29, 0.717) is 6.42 Å². The van der Waals surface area contributed by atoms with E-state index in [1.807, 2.05) is 32.0 Å². The van der Waals surface area contributed by atoms with E-state index in [4.69, 9.17) is 4.74 Å². The van der Waals surface area contributed by atoms with Crippen molar-refractivity contribution < 1.29 is 23.9 Å². The van der Waals surface area contributed by atoms with Crippen molar-refractivity contribution in [2.45, 2.75) is 51.8 Å². The first kappa shape index (κ1) is 23.3. The number of amides is 4. The van der Waals surface area contributed by atoms with Gasteiger partial charge in [0, 0.05) is 0 Å². The number of carbonyl (C=O) groups is 4. The Morgan fingerprint density at radius 2 is 1.90 bits per heavy atom. The van der Waals surface area contributed by atoms with E-state index in [0.717, 1.165) is 24.9 Å². The highest BCUT2D eigenvalue weighted by molar-refractivity contribution is 5.96. The van der Waals surface area contributed by atoms with E-state index in [2.05, 4.69) is 21.3 Å². The minimum Gasteiger partial charge on any atom is -0.444 e. The second kappa shape index (κ2) is 11.9. The van der Waals surface area contributed by atoms with Gasteiger partial charge in [0.25, 0.3) is 0 Å². The summed E-state index contributed by atoms with van der Waals surface area (Å²) in [6, 6.07) is 8.00. The Hall–Kier alpha value is -2.94. The molecule has 1 aromatic rings. The Morgan fingerprint density at radius 3 is 2.53 bits per heavy atom. The summed E-state index contributed by atoms with van der Waals surface area (Å²) in [7, 11) is 0. The molecule has 1 saturated heterocycles. The van der Waals surface area contributed by atoms with E-state index >= 15 is 0 Å². The van der Waals surface area contributed by atoms with Crippen LogP contribution in [0.5, 0.6) is 0 Å². The van der Waals surface area contributed by atoms with Crippen LogP contribution in [0, 0.1) is 5.92 Å². The number of hydrogen-bond donors (Lipinski definition) is 4. The zero-order valence-corrected chi connectivity index (χ0v) is 17.4. The van der Waals surface area contributed by atoms with Gasteiger partial charge in [-0.15, -0.1) is 0 Å². The van der Waals surface area contributed by atoms with Gasteiger partial charge in [0.05, 0.1) is 12.6 Å². The average molecular weight is 418 g/mol. The molecule has 0 aromatic heterocycles. The molecule has 1 heterocycles. The third kappa shape index (κ3) is 8.20. The summed E-state index contributed by atoms with van der Waals surface area (Å²) < 4.78 is 4.97. The van der Waals surface area contributed by atoms with Crippen LogP contribution in [0.4, 0.5) is 4.79 Å². The first-order chi connectivity index (χ1) is 14.3. The molecule has 0 radical (unpaired) electrons. The van der Waals surface area contributed by atoms with Crippen LogP contribution in [0.2, 0.25) is 0 Å². The Bertz CT molecular complexity index is 732. The average Bonchev–Trinajstić information content (AvgIpc) is 3.25. The molecule has 4 amide bonds. The second-order valence-electron chi connectivity index (χ2n) is 7.67. The fourth-order valence-corrected chi connectivity index (χ4v) is 3.09. The first-order valence-corrected chi connectivity index (χ1v) is 10.2. The molecule has 2 rings (SSSR count). The molecule has 2 atom stereocenters. The molecule has 164 valence electrons. The van der Waals surface area contributed by atoms with E-state index in [9.17, 15) is 19.2 Å². The summed E-state index contributed by atoms with van der Waals surface area (Å²) in [4.78, 5) is 48.4. The van der Waals surface area contributed by atoms with Crippen molar-refractivity contribution in [3.8, 4) is 0 Å². The molecule has 1 aliphatic rings. The van der Waals surface area contributed by atoms with Crippen LogP contribution >= 0.6 is 0 Å². The minimum atomic E-state index is -0.891. The molecule has 0 unspecified atom stereocenters. The molecule has 0 aliphatic carbocycles. The number of nitrogens with one attached hydrogen (secondary N) is 4. The van der Waals surface area contributed by atoms with Gasteiger partial charge in [0.15, 0.2) is 0 Å². The van der Waals surface area contributed by atoms with Crippen LogP contribution in [-0.4, -0.2) is 49.0 Å². The van der Waals surface area contributed by atoms with Crippen molar-refractivity contribution in [3.63, 3.8) is 0 Å². The molecule has 0 spiro atoms. The summed E-state index contributed by atoms with van der Waals surface area (Å²) >= 11 is 0. The minimum absolute atomic E-state index is 0.0318. The van der Waals surface area contributed by atoms with Crippen molar-refractivity contribution in [1.82, 2.24) is 21.3 Å². The lowest BCUT2D eigenvalue weighted by Crippen LogP contribution is -2.53. The fourth-order valence-electron chi connectivity index (χ4n) is 3.09. The predicted molar refractivity (Wildman–Crippen MR) is 110 cm³/mol. The summed E-state index contributed by atoms with van der Waals surface area (Å²) in [5, 5.41) is 10.4. The van der Waals surface area contributed by atoms with Gasteiger partial charge >= 0.3 is 6.09 Å². The Morgan fingerprint density at radius 1 is 1.17 bits per heavy atom. The summed E-state index contributed by atoms with van der Waals surface area (Å²) in [6.45, 7) is 4.29. The van der Waals surface area contributed by atoms with Gasteiger partial charge in [-0.25, -0.2) is 4.79 Å². The largest absolute Gasteiger partial charge is 0.444 e. The molecule has 30 heavy (non-hydrogen) atoms. The van der Waals surface area contributed by atoms with Crippen LogP contribution in [0.3, 0.4) is 0 Å². The standard InChI is InChI=1S/C21H30N4O5/c1-14(2)11-17(24-20(28)16-9-6-10-22-16)19(27)23-12-18(26)25-21(29)30-13-15-7-4-3-5-8-15/h3-5,7-8,14,16-17,22H,6,9-13H2,1-2H3,(H,23,27)(H,24,28)(H,25,26,29)/t16-,17-/m0/s1. The van der Waals surface area contributed by atoms with Gasteiger partial charge < -0.3 is 20.7 Å². The van der Waals surface area contributed by atoms with Crippen LogP contribution in [0.1, 0.15) is 38.7 Å². The molecule has 0 bridgehead atoms. The summed E-state index contributed by atoms with van der Waals surface area (Å²) in [5.41, 5.74) is 0.789. The molecule has 1 aliphatic heterocycles. The number of imide groups is 1. The van der Waals surface area contributed by atoms with Crippen LogP contribution in [-0.2, 0) is 25.7 Å². The zero-order chi connectivity index (χ0) is 21.9. The third-order valence-corrected chi connectivity index (χ3v) is 4.59. The van der Waals surface area contributed by atoms with E-state index < -0.39 is 30.5 Å². The molecule has 9 nitrogen and oxygen atoms in total. The molecule has 1 fully saturated rings. The van der Waals surface area contributed by atoms with E-state index in [-0.39, 0.29) is 24.5 Å². The SMILES string of the molecule is CC(C)C[C@H](NC(=O)[C@@H]1CCCN1)C(=O)NCC(=O)NC(=O)OCc1ccccc1. The lowest BCUT2D eigenvalue weighted by atomic mass is 10.0. The highest BCUT2D eigenvalue weighted by Crippen LogP contribution is 2.09. The van der Waals surface area contributed by atoms with Crippen molar-refractivity contribution in [2.24, 2.45) is 5.92 Å². The molecular formula is C21H30N4O5. The number of benzene rings is 1. The summed E-state index contributed by atoms with van der Waals surface area (Å²) in [5.74, 6) is -1.22. The highest BCUT2D eigenvalue weighted by atomic mass is 16.5.